The van der Waals surface area contributed by atoms with Gasteiger partial charge in [-0.2, -0.15) is 0 Å². The molecule has 1 aromatic heterocycles. The maximum absolute atomic E-state index is 5.59. The number of nitrogens with one attached hydrogen (secondary N) is 2. The molecule has 3 rings (SSSR count). The molecular formula is C21H30IN3O3. The Balaban J connectivity index is 0.00000280. The first-order chi connectivity index (χ1) is 13.3. The van der Waals surface area contributed by atoms with Crippen LogP contribution in [0, 0.1) is 0 Å². The fourth-order valence-electron chi connectivity index (χ4n) is 3.20. The van der Waals surface area contributed by atoms with Crippen LogP contribution in [0.3, 0.4) is 0 Å². The van der Waals surface area contributed by atoms with Gasteiger partial charge in [-0.15, -0.1) is 24.0 Å². The lowest BCUT2D eigenvalue weighted by atomic mass is 9.95. The van der Waals surface area contributed by atoms with Crippen molar-refractivity contribution in [1.82, 2.24) is 10.6 Å². The van der Waals surface area contributed by atoms with Crippen LogP contribution in [0.2, 0.25) is 0 Å². The van der Waals surface area contributed by atoms with Crippen molar-refractivity contribution in [2.24, 2.45) is 4.99 Å². The number of benzene rings is 1. The fourth-order valence-corrected chi connectivity index (χ4v) is 3.20. The minimum Gasteiger partial charge on any atom is -0.496 e. The van der Waals surface area contributed by atoms with E-state index in [4.69, 9.17) is 13.9 Å². The van der Waals surface area contributed by atoms with Gasteiger partial charge in [-0.3, -0.25) is 4.99 Å². The Morgan fingerprint density at radius 1 is 1.18 bits per heavy atom. The molecule has 1 heterocycles. The van der Waals surface area contributed by atoms with Crippen LogP contribution in [0.5, 0.6) is 5.75 Å². The van der Waals surface area contributed by atoms with Crippen molar-refractivity contribution in [2.75, 3.05) is 33.9 Å². The Labute approximate surface area is 184 Å². The number of ether oxygens (including phenoxy) is 2. The molecule has 0 aliphatic heterocycles. The predicted molar refractivity (Wildman–Crippen MR) is 122 cm³/mol. The maximum Gasteiger partial charge on any atom is 0.191 e. The number of methoxy groups -OCH3 is 1. The summed E-state index contributed by atoms with van der Waals surface area (Å²) in [5.41, 5.74) is 1.43. The monoisotopic (exact) mass is 499 g/mol. The Morgan fingerprint density at radius 3 is 2.68 bits per heavy atom. The highest BCUT2D eigenvalue weighted by atomic mass is 127. The first-order valence-electron chi connectivity index (χ1n) is 9.45. The molecule has 0 saturated heterocycles. The number of hydrogen-bond acceptors (Lipinski definition) is 4. The number of rotatable bonds is 10. The van der Waals surface area contributed by atoms with Crippen LogP contribution < -0.4 is 15.4 Å². The van der Waals surface area contributed by atoms with Crippen LogP contribution in [0.4, 0.5) is 0 Å². The standard InChI is InChI=1S/C21H29N3O3.HI/c1-22-20(23-12-6-13-26-15-17-7-5-14-27-17)24-16-21(10-11-21)18-8-3-4-9-19(18)25-2;/h3-5,7-9,14H,6,10-13,15-16H2,1-2H3,(H2,22,23,24);1H. The Hall–Kier alpha value is -1.74. The van der Waals surface area contributed by atoms with Crippen molar-refractivity contribution in [1.29, 1.82) is 0 Å². The van der Waals surface area contributed by atoms with E-state index in [1.807, 2.05) is 24.3 Å². The third-order valence-electron chi connectivity index (χ3n) is 4.93. The molecule has 6 nitrogen and oxygen atoms in total. The quantitative estimate of drug-likeness (QED) is 0.226. The Kier molecular flexibility index (Phi) is 9.11. The summed E-state index contributed by atoms with van der Waals surface area (Å²) in [6.45, 7) is 2.85. The number of furan rings is 1. The van der Waals surface area contributed by atoms with Gasteiger partial charge in [0, 0.05) is 37.7 Å². The van der Waals surface area contributed by atoms with Crippen molar-refractivity contribution >= 4 is 29.9 Å². The molecular weight excluding hydrogens is 469 g/mol. The lowest BCUT2D eigenvalue weighted by Crippen LogP contribution is -2.41. The van der Waals surface area contributed by atoms with Crippen LogP contribution >= 0.6 is 24.0 Å². The Bertz CT molecular complexity index is 730. The number of guanidine groups is 1. The second-order valence-electron chi connectivity index (χ2n) is 6.82. The van der Waals surface area contributed by atoms with Crippen LogP contribution in [-0.2, 0) is 16.8 Å². The third kappa shape index (κ3) is 6.13. The summed E-state index contributed by atoms with van der Waals surface area (Å²) in [5, 5.41) is 6.81. The molecule has 0 spiro atoms. The van der Waals surface area contributed by atoms with Gasteiger partial charge >= 0.3 is 0 Å². The SMILES string of the molecule is CN=C(NCCCOCc1ccco1)NCC1(c2ccccc2OC)CC1.I. The van der Waals surface area contributed by atoms with Crippen molar-refractivity contribution in [2.45, 2.75) is 31.3 Å². The highest BCUT2D eigenvalue weighted by molar-refractivity contribution is 14.0. The van der Waals surface area contributed by atoms with Crippen LogP contribution in [-0.4, -0.2) is 39.8 Å². The molecule has 1 fully saturated rings. The van der Waals surface area contributed by atoms with E-state index in [9.17, 15) is 0 Å². The van der Waals surface area contributed by atoms with Gasteiger partial charge in [0.05, 0.1) is 13.4 Å². The maximum atomic E-state index is 5.59. The van der Waals surface area contributed by atoms with Gasteiger partial charge < -0.3 is 24.5 Å². The van der Waals surface area contributed by atoms with Gasteiger partial charge in [0.2, 0.25) is 0 Å². The number of hydrogen-bond donors (Lipinski definition) is 2. The van der Waals surface area contributed by atoms with E-state index in [-0.39, 0.29) is 29.4 Å². The van der Waals surface area contributed by atoms with E-state index in [0.717, 1.165) is 49.8 Å². The molecule has 154 valence electrons. The number of halogens is 1. The molecule has 1 saturated carbocycles. The van der Waals surface area contributed by atoms with Crippen molar-refractivity contribution in [3.8, 4) is 5.75 Å². The normalized spacial score (nSPS) is 14.9. The van der Waals surface area contributed by atoms with E-state index in [2.05, 4.69) is 27.8 Å². The second-order valence-corrected chi connectivity index (χ2v) is 6.82. The molecule has 0 unspecified atom stereocenters. The van der Waals surface area contributed by atoms with Crippen molar-refractivity contribution in [3.05, 3.63) is 54.0 Å². The van der Waals surface area contributed by atoms with Crippen molar-refractivity contribution < 1.29 is 13.9 Å². The summed E-state index contributed by atoms with van der Waals surface area (Å²) in [7, 11) is 3.53. The lowest BCUT2D eigenvalue weighted by molar-refractivity contribution is 0.105. The molecule has 1 aliphatic rings. The largest absolute Gasteiger partial charge is 0.496 e. The molecule has 0 amide bonds. The predicted octanol–water partition coefficient (Wildman–Crippen LogP) is 3.71. The topological polar surface area (TPSA) is 68.0 Å². The molecule has 1 aromatic carbocycles. The highest BCUT2D eigenvalue weighted by Crippen LogP contribution is 2.50. The van der Waals surface area contributed by atoms with E-state index < -0.39 is 0 Å². The molecule has 7 heteroatoms. The zero-order valence-electron chi connectivity index (χ0n) is 16.6. The first-order valence-corrected chi connectivity index (χ1v) is 9.45. The summed E-state index contributed by atoms with van der Waals surface area (Å²) in [4.78, 5) is 4.32. The zero-order valence-corrected chi connectivity index (χ0v) is 18.9. The third-order valence-corrected chi connectivity index (χ3v) is 4.93. The molecule has 0 atom stereocenters. The summed E-state index contributed by atoms with van der Waals surface area (Å²) < 4.78 is 16.4. The van der Waals surface area contributed by atoms with Crippen LogP contribution in [0.15, 0.2) is 52.1 Å². The van der Waals surface area contributed by atoms with Gasteiger partial charge in [0.25, 0.3) is 0 Å². The Morgan fingerprint density at radius 2 is 2.00 bits per heavy atom. The van der Waals surface area contributed by atoms with Gasteiger partial charge in [-0.25, -0.2) is 0 Å². The highest BCUT2D eigenvalue weighted by Gasteiger charge is 2.46. The molecule has 1 aliphatic carbocycles. The zero-order chi connectivity index (χ0) is 19.0. The summed E-state index contributed by atoms with van der Waals surface area (Å²) in [6.07, 6.45) is 4.89. The number of aliphatic imine (C=N–C) groups is 1. The van der Waals surface area contributed by atoms with E-state index in [0.29, 0.717) is 13.2 Å². The van der Waals surface area contributed by atoms with Crippen LogP contribution in [0.1, 0.15) is 30.6 Å². The van der Waals surface area contributed by atoms with Crippen LogP contribution in [0.25, 0.3) is 0 Å². The van der Waals surface area contributed by atoms with E-state index >= 15 is 0 Å². The molecule has 2 aromatic rings. The summed E-state index contributed by atoms with van der Waals surface area (Å²) >= 11 is 0. The second kappa shape index (κ2) is 11.3. The minimum atomic E-state index is 0. The molecule has 0 bridgehead atoms. The smallest absolute Gasteiger partial charge is 0.191 e. The molecule has 28 heavy (non-hydrogen) atoms. The van der Waals surface area contributed by atoms with E-state index in [1.54, 1.807) is 20.4 Å². The first kappa shape index (κ1) is 22.5. The van der Waals surface area contributed by atoms with Crippen molar-refractivity contribution in [3.63, 3.8) is 0 Å². The number of para-hydroxylation sites is 1. The number of nitrogens with zero attached hydrogens (tertiary/aromatic N) is 1. The van der Waals surface area contributed by atoms with Gasteiger partial charge in [0.1, 0.15) is 18.1 Å². The van der Waals surface area contributed by atoms with E-state index in [1.165, 1.54) is 5.56 Å². The fraction of sp³-hybridized carbons (Fsp3) is 0.476. The summed E-state index contributed by atoms with van der Waals surface area (Å²) in [6, 6.07) is 12.1. The summed E-state index contributed by atoms with van der Waals surface area (Å²) in [5.74, 6) is 2.64. The lowest BCUT2D eigenvalue weighted by Gasteiger charge is -2.21. The molecule has 0 radical (unpaired) electrons. The average Bonchev–Trinajstić information content (AvgIpc) is 3.32. The van der Waals surface area contributed by atoms with Gasteiger partial charge in [0.15, 0.2) is 5.96 Å². The minimum absolute atomic E-state index is 0. The van der Waals surface area contributed by atoms with Gasteiger partial charge in [-0.05, 0) is 37.5 Å². The average molecular weight is 499 g/mol. The molecule has 2 N–H and O–H groups in total. The van der Waals surface area contributed by atoms with Gasteiger partial charge in [-0.1, -0.05) is 18.2 Å².